The lowest BCUT2D eigenvalue weighted by atomic mass is 10.1. The molecule has 1 amide bonds. The molecule has 0 aliphatic rings. The van der Waals surface area contributed by atoms with Crippen LogP contribution >= 0.6 is 0 Å². The third kappa shape index (κ3) is 3.81. The number of halogens is 2. The zero-order valence-electron chi connectivity index (χ0n) is 12.4. The molecule has 1 unspecified atom stereocenters. The number of carbonyl (C=O) groups is 1. The highest BCUT2D eigenvalue weighted by atomic mass is 19.1. The Labute approximate surface area is 128 Å². The van der Waals surface area contributed by atoms with E-state index in [4.69, 9.17) is 4.74 Å². The Balaban J connectivity index is 2.02. The van der Waals surface area contributed by atoms with E-state index in [9.17, 15) is 13.6 Å². The highest BCUT2D eigenvalue weighted by Gasteiger charge is 2.21. The van der Waals surface area contributed by atoms with Crippen LogP contribution in [0.1, 0.15) is 18.5 Å². The minimum absolute atomic E-state index is 0.135. The van der Waals surface area contributed by atoms with Crippen molar-refractivity contribution in [2.24, 2.45) is 0 Å². The Kier molecular flexibility index (Phi) is 5.09. The molecule has 22 heavy (non-hydrogen) atoms. The van der Waals surface area contributed by atoms with Crippen LogP contribution in [0.15, 0.2) is 48.5 Å². The lowest BCUT2D eigenvalue weighted by Gasteiger charge is -2.25. The summed E-state index contributed by atoms with van der Waals surface area (Å²) in [4.78, 5) is 13.4. The predicted molar refractivity (Wildman–Crippen MR) is 79.5 cm³/mol. The van der Waals surface area contributed by atoms with Gasteiger partial charge in [-0.3, -0.25) is 4.79 Å². The number of nitrogens with zero attached hydrogens (tertiary/aromatic N) is 1. The van der Waals surface area contributed by atoms with Crippen molar-refractivity contribution in [1.29, 1.82) is 0 Å². The molecule has 5 heteroatoms. The van der Waals surface area contributed by atoms with Gasteiger partial charge in [0.25, 0.3) is 5.91 Å². The molecular formula is C17H17F2NO2. The van der Waals surface area contributed by atoms with Gasteiger partial charge in [0.1, 0.15) is 17.4 Å². The van der Waals surface area contributed by atoms with Crippen LogP contribution in [-0.2, 0) is 4.79 Å². The smallest absolute Gasteiger partial charge is 0.260 e. The number of para-hydroxylation sites is 1. The fourth-order valence-electron chi connectivity index (χ4n) is 2.02. The van der Waals surface area contributed by atoms with Gasteiger partial charge in [0.15, 0.2) is 6.61 Å². The number of likely N-dealkylation sites (N-methyl/N-ethyl adjacent to an activating group) is 1. The standard InChI is InChI=1S/C17H17F2NO2/c1-12(15-10-13(18)8-9-16(15)19)20(2)17(21)11-22-14-6-4-3-5-7-14/h3-10,12H,11H2,1-2H3. The van der Waals surface area contributed by atoms with Gasteiger partial charge in [0.05, 0.1) is 6.04 Å². The van der Waals surface area contributed by atoms with Gasteiger partial charge in [-0.1, -0.05) is 18.2 Å². The van der Waals surface area contributed by atoms with E-state index in [0.29, 0.717) is 5.75 Å². The van der Waals surface area contributed by atoms with Crippen LogP contribution in [0.4, 0.5) is 8.78 Å². The molecule has 0 aliphatic carbocycles. The minimum atomic E-state index is -0.595. The van der Waals surface area contributed by atoms with E-state index >= 15 is 0 Å². The summed E-state index contributed by atoms with van der Waals surface area (Å²) in [5.74, 6) is -0.823. The summed E-state index contributed by atoms with van der Waals surface area (Å²) in [6.07, 6.45) is 0. The topological polar surface area (TPSA) is 29.5 Å². The van der Waals surface area contributed by atoms with Crippen LogP contribution in [0.3, 0.4) is 0 Å². The third-order valence-corrected chi connectivity index (χ3v) is 3.49. The average molecular weight is 305 g/mol. The first-order valence-corrected chi connectivity index (χ1v) is 6.87. The number of carbonyl (C=O) groups excluding carboxylic acids is 1. The molecule has 0 N–H and O–H groups in total. The number of ether oxygens (including phenoxy) is 1. The zero-order valence-corrected chi connectivity index (χ0v) is 12.4. The highest BCUT2D eigenvalue weighted by Crippen LogP contribution is 2.23. The molecule has 2 aromatic carbocycles. The van der Waals surface area contributed by atoms with Crippen molar-refractivity contribution in [3.8, 4) is 5.75 Å². The summed E-state index contributed by atoms with van der Waals surface area (Å²) >= 11 is 0. The Hall–Kier alpha value is -2.43. The van der Waals surface area contributed by atoms with Gasteiger partial charge in [-0.15, -0.1) is 0 Å². The molecule has 1 atom stereocenters. The minimum Gasteiger partial charge on any atom is -0.484 e. The molecule has 0 saturated carbocycles. The Bertz CT molecular complexity index is 646. The van der Waals surface area contributed by atoms with E-state index < -0.39 is 17.7 Å². The first kappa shape index (κ1) is 15.9. The number of rotatable bonds is 5. The van der Waals surface area contributed by atoms with Gasteiger partial charge >= 0.3 is 0 Å². The second-order valence-electron chi connectivity index (χ2n) is 4.95. The summed E-state index contributed by atoms with van der Waals surface area (Å²) in [7, 11) is 1.53. The number of hydrogen-bond donors (Lipinski definition) is 0. The molecule has 0 spiro atoms. The van der Waals surface area contributed by atoms with E-state index in [1.165, 1.54) is 11.9 Å². The van der Waals surface area contributed by atoms with Crippen LogP contribution in [0.5, 0.6) is 5.75 Å². The van der Waals surface area contributed by atoms with Crippen molar-refractivity contribution >= 4 is 5.91 Å². The first-order valence-electron chi connectivity index (χ1n) is 6.87. The van der Waals surface area contributed by atoms with Gasteiger partial charge in [-0.05, 0) is 37.3 Å². The normalized spacial score (nSPS) is 11.8. The molecule has 116 valence electrons. The van der Waals surface area contributed by atoms with Crippen LogP contribution < -0.4 is 4.74 Å². The van der Waals surface area contributed by atoms with E-state index in [2.05, 4.69) is 0 Å². The lowest BCUT2D eigenvalue weighted by Crippen LogP contribution is -2.34. The quantitative estimate of drug-likeness (QED) is 0.845. The molecule has 3 nitrogen and oxygen atoms in total. The summed E-state index contributed by atoms with van der Waals surface area (Å²) in [5, 5.41) is 0. The molecule has 0 fully saturated rings. The summed E-state index contributed by atoms with van der Waals surface area (Å²) in [6, 6.07) is 11.5. The van der Waals surface area contributed by atoms with Crippen LogP contribution in [-0.4, -0.2) is 24.5 Å². The van der Waals surface area contributed by atoms with Crippen molar-refractivity contribution in [3.63, 3.8) is 0 Å². The number of hydrogen-bond acceptors (Lipinski definition) is 2. The van der Waals surface area contributed by atoms with E-state index in [-0.39, 0.29) is 18.1 Å². The van der Waals surface area contributed by atoms with E-state index in [0.717, 1.165) is 18.2 Å². The highest BCUT2D eigenvalue weighted by molar-refractivity contribution is 5.78. The van der Waals surface area contributed by atoms with Gasteiger partial charge in [-0.2, -0.15) is 0 Å². The number of benzene rings is 2. The summed E-state index contributed by atoms with van der Waals surface area (Å²) in [6.45, 7) is 1.47. The lowest BCUT2D eigenvalue weighted by molar-refractivity contribution is -0.134. The fourth-order valence-corrected chi connectivity index (χ4v) is 2.02. The molecule has 2 aromatic rings. The third-order valence-electron chi connectivity index (χ3n) is 3.49. The average Bonchev–Trinajstić information content (AvgIpc) is 2.54. The Morgan fingerprint density at radius 2 is 1.86 bits per heavy atom. The maximum atomic E-state index is 13.8. The zero-order chi connectivity index (χ0) is 16.1. The molecule has 0 heterocycles. The maximum absolute atomic E-state index is 13.8. The first-order chi connectivity index (χ1) is 10.5. The molecule has 0 bridgehead atoms. The maximum Gasteiger partial charge on any atom is 0.260 e. The summed E-state index contributed by atoms with van der Waals surface area (Å²) in [5.41, 5.74) is 0.135. The second-order valence-corrected chi connectivity index (χ2v) is 4.95. The molecule has 2 rings (SSSR count). The molecule has 0 aliphatic heterocycles. The number of amides is 1. The van der Waals surface area contributed by atoms with Crippen molar-refractivity contribution in [1.82, 2.24) is 4.90 Å². The second kappa shape index (κ2) is 7.02. The SMILES string of the molecule is CC(c1cc(F)ccc1F)N(C)C(=O)COc1ccccc1. The molecular weight excluding hydrogens is 288 g/mol. The van der Waals surface area contributed by atoms with Crippen LogP contribution in [0.2, 0.25) is 0 Å². The largest absolute Gasteiger partial charge is 0.484 e. The van der Waals surface area contributed by atoms with E-state index in [1.807, 2.05) is 6.07 Å². The van der Waals surface area contributed by atoms with Crippen molar-refractivity contribution in [2.45, 2.75) is 13.0 Å². The molecule has 0 saturated heterocycles. The molecule has 0 radical (unpaired) electrons. The Morgan fingerprint density at radius 1 is 1.18 bits per heavy atom. The van der Waals surface area contributed by atoms with Gasteiger partial charge in [0, 0.05) is 12.6 Å². The fraction of sp³-hybridized carbons (Fsp3) is 0.235. The van der Waals surface area contributed by atoms with E-state index in [1.54, 1.807) is 31.2 Å². The predicted octanol–water partition coefficient (Wildman–Crippen LogP) is 3.56. The van der Waals surface area contributed by atoms with Crippen molar-refractivity contribution in [2.75, 3.05) is 13.7 Å². The van der Waals surface area contributed by atoms with Crippen molar-refractivity contribution in [3.05, 3.63) is 65.7 Å². The molecule has 0 aromatic heterocycles. The van der Waals surface area contributed by atoms with Gasteiger partial charge in [-0.25, -0.2) is 8.78 Å². The Morgan fingerprint density at radius 3 is 2.55 bits per heavy atom. The van der Waals surface area contributed by atoms with Crippen LogP contribution in [0, 0.1) is 11.6 Å². The van der Waals surface area contributed by atoms with Gasteiger partial charge < -0.3 is 9.64 Å². The monoisotopic (exact) mass is 305 g/mol. The van der Waals surface area contributed by atoms with Crippen LogP contribution in [0.25, 0.3) is 0 Å². The van der Waals surface area contributed by atoms with Crippen molar-refractivity contribution < 1.29 is 18.3 Å². The van der Waals surface area contributed by atoms with Gasteiger partial charge in [0.2, 0.25) is 0 Å². The summed E-state index contributed by atoms with van der Waals surface area (Å²) < 4.78 is 32.4.